The Hall–Kier alpha value is -3.73. The van der Waals surface area contributed by atoms with Crippen LogP contribution in [0.5, 0.6) is 0 Å². The molecule has 3 aromatic carbocycles. The molecule has 0 aliphatic carbocycles. The van der Waals surface area contributed by atoms with Gasteiger partial charge in [0, 0.05) is 24.3 Å². The first-order chi connectivity index (χ1) is 15.3. The molecule has 1 saturated heterocycles. The van der Waals surface area contributed by atoms with E-state index in [4.69, 9.17) is 4.98 Å². The van der Waals surface area contributed by atoms with Gasteiger partial charge in [0.1, 0.15) is 5.82 Å². The van der Waals surface area contributed by atoms with Crippen molar-refractivity contribution >= 4 is 28.4 Å². The minimum Gasteiger partial charge on any atom is -0.355 e. The molecule has 1 N–H and O–H groups in total. The van der Waals surface area contributed by atoms with Crippen LogP contribution in [0.25, 0.3) is 22.2 Å². The molecule has 0 saturated carbocycles. The Labute approximate surface area is 181 Å². The van der Waals surface area contributed by atoms with Gasteiger partial charge in [-0.15, -0.1) is 0 Å². The third-order valence-electron chi connectivity index (χ3n) is 5.70. The lowest BCUT2D eigenvalue weighted by Gasteiger charge is -2.27. The van der Waals surface area contributed by atoms with Crippen LogP contribution in [0.3, 0.4) is 0 Å². The molecule has 1 aliphatic heterocycles. The monoisotopic (exact) mass is 408 g/mol. The van der Waals surface area contributed by atoms with Crippen molar-refractivity contribution < 1.29 is 4.79 Å². The molecule has 1 aromatic heterocycles. The van der Waals surface area contributed by atoms with E-state index in [2.05, 4.69) is 21.3 Å². The van der Waals surface area contributed by atoms with Crippen molar-refractivity contribution in [1.29, 1.82) is 0 Å². The van der Waals surface area contributed by atoms with Crippen LogP contribution in [0.1, 0.15) is 29.6 Å². The fourth-order valence-corrected chi connectivity index (χ4v) is 4.02. The van der Waals surface area contributed by atoms with E-state index in [1.54, 1.807) is 0 Å². The van der Waals surface area contributed by atoms with Gasteiger partial charge in [0.15, 0.2) is 0 Å². The lowest BCUT2D eigenvalue weighted by Crippen LogP contribution is -2.30. The molecule has 5 heteroatoms. The number of rotatable bonds is 4. The van der Waals surface area contributed by atoms with Crippen molar-refractivity contribution in [3.63, 3.8) is 0 Å². The maximum atomic E-state index is 12.7. The number of hydrogen-bond acceptors (Lipinski definition) is 4. The van der Waals surface area contributed by atoms with Crippen molar-refractivity contribution in [3.8, 4) is 11.1 Å². The molecule has 4 aromatic rings. The Kier molecular flexibility index (Phi) is 5.31. The first kappa shape index (κ1) is 19.2. The highest BCUT2D eigenvalue weighted by Crippen LogP contribution is 2.26. The van der Waals surface area contributed by atoms with Crippen molar-refractivity contribution in [2.24, 2.45) is 0 Å². The maximum Gasteiger partial charge on any atom is 0.255 e. The molecule has 1 aliphatic rings. The van der Waals surface area contributed by atoms with Crippen molar-refractivity contribution in [2.45, 2.75) is 19.3 Å². The fourth-order valence-electron chi connectivity index (χ4n) is 4.02. The van der Waals surface area contributed by atoms with Crippen molar-refractivity contribution in [3.05, 3.63) is 84.6 Å². The topological polar surface area (TPSA) is 58.1 Å². The van der Waals surface area contributed by atoms with E-state index in [-0.39, 0.29) is 5.91 Å². The molecule has 154 valence electrons. The van der Waals surface area contributed by atoms with Crippen LogP contribution in [-0.4, -0.2) is 29.0 Å². The number of benzene rings is 3. The molecule has 0 atom stereocenters. The predicted octanol–water partition coefficient (Wildman–Crippen LogP) is 5.54. The summed E-state index contributed by atoms with van der Waals surface area (Å²) >= 11 is 0. The fraction of sp³-hybridized carbons (Fsp3) is 0.192. The highest BCUT2D eigenvalue weighted by Gasteiger charge is 2.14. The van der Waals surface area contributed by atoms with Gasteiger partial charge < -0.3 is 10.2 Å². The Balaban J connectivity index is 1.43. The predicted molar refractivity (Wildman–Crippen MR) is 125 cm³/mol. The summed E-state index contributed by atoms with van der Waals surface area (Å²) < 4.78 is 0. The average Bonchev–Trinajstić information content (AvgIpc) is 2.84. The SMILES string of the molecule is O=C(Nc1ccccc1)c1cccc(-c2ccc3ncc(N4CCCCC4)nc3c2)c1. The highest BCUT2D eigenvalue weighted by molar-refractivity contribution is 6.05. The maximum absolute atomic E-state index is 12.7. The van der Waals surface area contributed by atoms with Gasteiger partial charge in [0.2, 0.25) is 0 Å². The number of hydrogen-bond donors (Lipinski definition) is 1. The lowest BCUT2D eigenvalue weighted by molar-refractivity contribution is 0.102. The molecule has 0 unspecified atom stereocenters. The average molecular weight is 409 g/mol. The smallest absolute Gasteiger partial charge is 0.255 e. The summed E-state index contributed by atoms with van der Waals surface area (Å²) in [5.74, 6) is 0.821. The zero-order chi connectivity index (χ0) is 21.0. The third-order valence-corrected chi connectivity index (χ3v) is 5.70. The first-order valence-electron chi connectivity index (χ1n) is 10.7. The number of aromatic nitrogens is 2. The summed E-state index contributed by atoms with van der Waals surface area (Å²) in [5.41, 5.74) is 5.15. The number of nitrogens with one attached hydrogen (secondary N) is 1. The number of anilines is 2. The molecule has 31 heavy (non-hydrogen) atoms. The molecule has 0 radical (unpaired) electrons. The summed E-state index contributed by atoms with van der Waals surface area (Å²) in [5, 5.41) is 2.94. The highest BCUT2D eigenvalue weighted by atomic mass is 16.1. The quantitative estimate of drug-likeness (QED) is 0.482. The molecule has 1 fully saturated rings. The van der Waals surface area contributed by atoms with Gasteiger partial charge in [-0.1, -0.05) is 36.4 Å². The molecule has 2 heterocycles. The van der Waals surface area contributed by atoms with Gasteiger partial charge in [0.25, 0.3) is 5.91 Å². The normalized spacial score (nSPS) is 13.9. The van der Waals surface area contributed by atoms with Gasteiger partial charge in [-0.3, -0.25) is 9.78 Å². The van der Waals surface area contributed by atoms with Crippen LogP contribution in [-0.2, 0) is 0 Å². The van der Waals surface area contributed by atoms with E-state index in [0.717, 1.165) is 46.8 Å². The van der Waals surface area contributed by atoms with Gasteiger partial charge >= 0.3 is 0 Å². The molecule has 5 nitrogen and oxygen atoms in total. The van der Waals surface area contributed by atoms with Crippen LogP contribution in [0.4, 0.5) is 11.5 Å². The van der Waals surface area contributed by atoms with E-state index >= 15 is 0 Å². The number of para-hydroxylation sites is 1. The number of amides is 1. The van der Waals surface area contributed by atoms with Crippen LogP contribution >= 0.6 is 0 Å². The minimum absolute atomic E-state index is 0.124. The van der Waals surface area contributed by atoms with E-state index in [1.165, 1.54) is 19.3 Å². The van der Waals surface area contributed by atoms with Crippen molar-refractivity contribution in [1.82, 2.24) is 9.97 Å². The summed E-state index contributed by atoms with van der Waals surface area (Å²) in [6, 6.07) is 23.3. The lowest BCUT2D eigenvalue weighted by atomic mass is 10.0. The van der Waals surface area contributed by atoms with E-state index in [1.807, 2.05) is 72.9 Å². The van der Waals surface area contributed by atoms with Crippen LogP contribution < -0.4 is 10.2 Å². The molecule has 5 rings (SSSR count). The van der Waals surface area contributed by atoms with Gasteiger partial charge in [-0.2, -0.15) is 0 Å². The zero-order valence-corrected chi connectivity index (χ0v) is 17.3. The van der Waals surface area contributed by atoms with Crippen LogP contribution in [0.15, 0.2) is 79.0 Å². The standard InChI is InChI=1S/C26H24N4O/c31-26(28-22-10-3-1-4-11-22)21-9-7-8-19(16-21)20-12-13-23-24(17-20)29-25(18-27-23)30-14-5-2-6-15-30/h1,3-4,7-13,16-18H,2,5-6,14-15H2,(H,28,31). The largest absolute Gasteiger partial charge is 0.355 e. The Morgan fingerprint density at radius 3 is 2.45 bits per heavy atom. The van der Waals surface area contributed by atoms with E-state index in [0.29, 0.717) is 5.56 Å². The molecule has 0 bridgehead atoms. The van der Waals surface area contributed by atoms with Gasteiger partial charge in [0.05, 0.1) is 17.2 Å². The van der Waals surface area contributed by atoms with E-state index < -0.39 is 0 Å². The number of nitrogens with zero attached hydrogens (tertiary/aromatic N) is 3. The second-order valence-electron chi connectivity index (χ2n) is 7.88. The van der Waals surface area contributed by atoms with Gasteiger partial charge in [-0.05, 0) is 66.8 Å². The number of piperidine rings is 1. The number of carbonyl (C=O) groups excluding carboxylic acids is 1. The molecule has 0 spiro atoms. The van der Waals surface area contributed by atoms with Crippen LogP contribution in [0.2, 0.25) is 0 Å². The minimum atomic E-state index is -0.124. The number of fused-ring (bicyclic) bond motifs is 1. The second-order valence-corrected chi connectivity index (χ2v) is 7.88. The van der Waals surface area contributed by atoms with Crippen LogP contribution in [0, 0.1) is 0 Å². The van der Waals surface area contributed by atoms with E-state index in [9.17, 15) is 4.79 Å². The Morgan fingerprint density at radius 1 is 0.806 bits per heavy atom. The summed E-state index contributed by atoms with van der Waals surface area (Å²) in [7, 11) is 0. The Bertz CT molecular complexity index is 1220. The molecule has 1 amide bonds. The summed E-state index contributed by atoms with van der Waals surface area (Å²) in [4.78, 5) is 24.5. The summed E-state index contributed by atoms with van der Waals surface area (Å²) in [6.45, 7) is 2.08. The number of carbonyl (C=O) groups is 1. The third kappa shape index (κ3) is 4.26. The molecular weight excluding hydrogens is 384 g/mol. The Morgan fingerprint density at radius 2 is 1.61 bits per heavy atom. The summed E-state index contributed by atoms with van der Waals surface area (Å²) in [6.07, 6.45) is 5.58. The molecular formula is C26H24N4O. The zero-order valence-electron chi connectivity index (χ0n) is 17.3. The second kappa shape index (κ2) is 8.56. The first-order valence-corrected chi connectivity index (χ1v) is 10.7. The van der Waals surface area contributed by atoms with Gasteiger partial charge in [-0.25, -0.2) is 4.98 Å². The van der Waals surface area contributed by atoms with Crippen molar-refractivity contribution in [2.75, 3.05) is 23.3 Å².